The monoisotopic (exact) mass is 274 g/mol. The normalized spacial score (nSPS) is 28.2. The molecule has 0 aliphatic carbocycles. The lowest BCUT2D eigenvalue weighted by Gasteiger charge is -2.42. The molecule has 1 amide bonds. The number of hydrogen-bond acceptors (Lipinski definition) is 2. The number of nitrogens with two attached hydrogens (primary N) is 1. The maximum Gasteiger partial charge on any atom is 0.231 e. The van der Waals surface area contributed by atoms with Crippen molar-refractivity contribution in [1.82, 2.24) is 4.90 Å². The van der Waals surface area contributed by atoms with Crippen molar-refractivity contribution in [2.45, 2.75) is 39.2 Å². The number of nitrogens with zero attached hydrogens (tertiary/aromatic N) is 1. The van der Waals surface area contributed by atoms with Crippen molar-refractivity contribution in [3.05, 3.63) is 35.9 Å². The summed E-state index contributed by atoms with van der Waals surface area (Å²) in [6, 6.07) is 10.2. The molecule has 3 nitrogen and oxygen atoms in total. The van der Waals surface area contributed by atoms with Gasteiger partial charge in [0.1, 0.15) is 0 Å². The summed E-state index contributed by atoms with van der Waals surface area (Å²) in [6.07, 6.45) is 1.20. The lowest BCUT2D eigenvalue weighted by atomic mass is 9.84. The van der Waals surface area contributed by atoms with Crippen LogP contribution in [-0.2, 0) is 4.79 Å². The summed E-state index contributed by atoms with van der Waals surface area (Å²) in [4.78, 5) is 14.9. The summed E-state index contributed by atoms with van der Waals surface area (Å²) in [5, 5.41) is 0. The maximum absolute atomic E-state index is 12.9. The van der Waals surface area contributed by atoms with Crippen LogP contribution in [0.1, 0.15) is 38.7 Å². The van der Waals surface area contributed by atoms with Crippen molar-refractivity contribution in [2.75, 3.05) is 13.1 Å². The fourth-order valence-corrected chi connectivity index (χ4v) is 3.27. The van der Waals surface area contributed by atoms with Gasteiger partial charge < -0.3 is 10.6 Å². The zero-order valence-corrected chi connectivity index (χ0v) is 12.8. The quantitative estimate of drug-likeness (QED) is 0.921. The Morgan fingerprint density at radius 2 is 1.95 bits per heavy atom. The lowest BCUT2D eigenvalue weighted by molar-refractivity contribution is -0.138. The lowest BCUT2D eigenvalue weighted by Crippen LogP contribution is -2.51. The molecular weight excluding hydrogens is 248 g/mol. The maximum atomic E-state index is 12.9. The average Bonchev–Trinajstić information content (AvgIpc) is 2.44. The number of likely N-dealkylation sites (tertiary alicyclic amines) is 1. The van der Waals surface area contributed by atoms with E-state index in [1.165, 1.54) is 6.42 Å². The smallest absolute Gasteiger partial charge is 0.231 e. The number of rotatable bonds is 3. The standard InChI is InChI=1S/C17H26N2O/c1-12-9-13(2)14(3)19(11-12)17(20)16(10-18)15-7-5-4-6-8-15/h4-8,12-14,16H,9-11,18H2,1-3H3. The first-order valence-electron chi connectivity index (χ1n) is 7.60. The number of carbonyl (C=O) groups excluding carboxylic acids is 1. The van der Waals surface area contributed by atoms with Crippen LogP contribution in [0.25, 0.3) is 0 Å². The van der Waals surface area contributed by atoms with Gasteiger partial charge in [0.2, 0.25) is 5.91 Å². The molecule has 1 aliphatic rings. The van der Waals surface area contributed by atoms with Crippen LogP contribution in [-0.4, -0.2) is 29.9 Å². The van der Waals surface area contributed by atoms with E-state index in [2.05, 4.69) is 20.8 Å². The minimum absolute atomic E-state index is 0.185. The molecule has 4 atom stereocenters. The Balaban J connectivity index is 2.20. The molecule has 3 heteroatoms. The van der Waals surface area contributed by atoms with Crippen LogP contribution >= 0.6 is 0 Å². The second-order valence-corrected chi connectivity index (χ2v) is 6.25. The van der Waals surface area contributed by atoms with Crippen LogP contribution in [0.4, 0.5) is 0 Å². The van der Waals surface area contributed by atoms with Crippen LogP contribution in [0.2, 0.25) is 0 Å². The molecule has 20 heavy (non-hydrogen) atoms. The summed E-state index contributed by atoms with van der Waals surface area (Å²) >= 11 is 0. The van der Waals surface area contributed by atoms with Crippen LogP contribution in [0.3, 0.4) is 0 Å². The van der Waals surface area contributed by atoms with E-state index in [1.807, 2.05) is 35.2 Å². The Bertz CT molecular complexity index is 446. The van der Waals surface area contributed by atoms with Crippen molar-refractivity contribution >= 4 is 5.91 Å². The van der Waals surface area contributed by atoms with Gasteiger partial charge in [-0.25, -0.2) is 0 Å². The van der Waals surface area contributed by atoms with Crippen molar-refractivity contribution < 1.29 is 4.79 Å². The molecular formula is C17H26N2O. The second kappa shape index (κ2) is 6.40. The second-order valence-electron chi connectivity index (χ2n) is 6.25. The van der Waals surface area contributed by atoms with Crippen LogP contribution in [0, 0.1) is 11.8 Å². The predicted octanol–water partition coefficient (Wildman–Crippen LogP) is 2.62. The highest BCUT2D eigenvalue weighted by Gasteiger charge is 2.35. The third kappa shape index (κ3) is 3.04. The zero-order chi connectivity index (χ0) is 14.7. The first-order valence-corrected chi connectivity index (χ1v) is 7.60. The van der Waals surface area contributed by atoms with E-state index in [9.17, 15) is 4.79 Å². The molecule has 2 N–H and O–H groups in total. The minimum Gasteiger partial charge on any atom is -0.339 e. The molecule has 1 saturated heterocycles. The van der Waals surface area contributed by atoms with Crippen molar-refractivity contribution in [3.63, 3.8) is 0 Å². The first-order chi connectivity index (χ1) is 9.54. The van der Waals surface area contributed by atoms with Gasteiger partial charge in [0.05, 0.1) is 5.92 Å². The van der Waals surface area contributed by atoms with Gasteiger partial charge in [0.25, 0.3) is 0 Å². The Morgan fingerprint density at radius 1 is 1.30 bits per heavy atom. The molecule has 1 heterocycles. The molecule has 0 radical (unpaired) electrons. The summed E-state index contributed by atoms with van der Waals surface area (Å²) in [5.74, 6) is 1.09. The molecule has 110 valence electrons. The molecule has 1 aromatic carbocycles. The number of piperidine rings is 1. The van der Waals surface area contributed by atoms with Crippen LogP contribution < -0.4 is 5.73 Å². The largest absolute Gasteiger partial charge is 0.339 e. The fourth-order valence-electron chi connectivity index (χ4n) is 3.27. The van der Waals surface area contributed by atoms with E-state index in [4.69, 9.17) is 5.73 Å². The average molecular weight is 274 g/mol. The highest BCUT2D eigenvalue weighted by molar-refractivity contribution is 5.84. The number of carbonyl (C=O) groups is 1. The topological polar surface area (TPSA) is 46.3 Å². The summed E-state index contributed by atoms with van der Waals surface area (Å²) in [5.41, 5.74) is 6.91. The number of amides is 1. The SMILES string of the molecule is CC1CC(C)C(C)N(C(=O)C(CN)c2ccccc2)C1. The van der Waals surface area contributed by atoms with Crippen LogP contribution in [0.15, 0.2) is 30.3 Å². The molecule has 1 aromatic rings. The van der Waals surface area contributed by atoms with Gasteiger partial charge in [0, 0.05) is 19.1 Å². The third-order valence-electron chi connectivity index (χ3n) is 4.62. The Hall–Kier alpha value is -1.35. The molecule has 0 spiro atoms. The van der Waals surface area contributed by atoms with Crippen LogP contribution in [0.5, 0.6) is 0 Å². The molecule has 0 bridgehead atoms. The van der Waals surface area contributed by atoms with Crippen molar-refractivity contribution in [1.29, 1.82) is 0 Å². The molecule has 4 unspecified atom stereocenters. The van der Waals surface area contributed by atoms with E-state index < -0.39 is 0 Å². The van der Waals surface area contributed by atoms with E-state index in [0.29, 0.717) is 24.4 Å². The van der Waals surface area contributed by atoms with E-state index >= 15 is 0 Å². The van der Waals surface area contributed by atoms with Gasteiger partial charge in [-0.1, -0.05) is 44.2 Å². The summed E-state index contributed by atoms with van der Waals surface area (Å²) in [6.45, 7) is 7.85. The zero-order valence-electron chi connectivity index (χ0n) is 12.8. The Morgan fingerprint density at radius 3 is 2.55 bits per heavy atom. The fraction of sp³-hybridized carbons (Fsp3) is 0.588. The van der Waals surface area contributed by atoms with Gasteiger partial charge in [-0.3, -0.25) is 4.79 Å². The van der Waals surface area contributed by atoms with Gasteiger partial charge >= 0.3 is 0 Å². The van der Waals surface area contributed by atoms with E-state index in [1.54, 1.807) is 0 Å². The van der Waals surface area contributed by atoms with E-state index in [0.717, 1.165) is 12.1 Å². The van der Waals surface area contributed by atoms with Gasteiger partial charge in [-0.15, -0.1) is 0 Å². The molecule has 2 rings (SSSR count). The third-order valence-corrected chi connectivity index (χ3v) is 4.62. The molecule has 0 aromatic heterocycles. The first kappa shape index (κ1) is 15.0. The number of hydrogen-bond donors (Lipinski definition) is 1. The molecule has 0 saturated carbocycles. The predicted molar refractivity (Wildman–Crippen MR) is 82.4 cm³/mol. The highest BCUT2D eigenvalue weighted by Crippen LogP contribution is 2.29. The summed E-state index contributed by atoms with van der Waals surface area (Å²) < 4.78 is 0. The Labute approximate surface area is 122 Å². The molecule has 1 fully saturated rings. The van der Waals surface area contributed by atoms with Gasteiger partial charge in [-0.05, 0) is 30.7 Å². The van der Waals surface area contributed by atoms with Crippen molar-refractivity contribution in [2.24, 2.45) is 17.6 Å². The highest BCUT2D eigenvalue weighted by atomic mass is 16.2. The van der Waals surface area contributed by atoms with Crippen molar-refractivity contribution in [3.8, 4) is 0 Å². The minimum atomic E-state index is -0.212. The molecule has 1 aliphatic heterocycles. The van der Waals surface area contributed by atoms with E-state index in [-0.39, 0.29) is 11.8 Å². The van der Waals surface area contributed by atoms with Gasteiger partial charge in [-0.2, -0.15) is 0 Å². The van der Waals surface area contributed by atoms with Gasteiger partial charge in [0.15, 0.2) is 0 Å². The number of benzene rings is 1. The Kier molecular flexibility index (Phi) is 4.81. The summed E-state index contributed by atoms with van der Waals surface area (Å²) in [7, 11) is 0.